The van der Waals surface area contributed by atoms with Crippen molar-refractivity contribution < 1.29 is 5.11 Å². The minimum absolute atomic E-state index is 0.0608. The SMILES string of the molecule is O=c1ccn([C@@H]2CC(O)[C@H](CNC(c3ccccc3)(c3ccccc3)c3ccccc3)C2)c(=O)[nH]1. The number of aromatic amines is 1. The van der Waals surface area contributed by atoms with E-state index in [0.717, 1.165) is 16.7 Å². The zero-order chi connectivity index (χ0) is 24.3. The number of rotatable bonds is 7. The van der Waals surface area contributed by atoms with Crippen LogP contribution < -0.4 is 16.6 Å². The number of benzene rings is 3. The molecule has 0 spiro atoms. The number of nitrogens with zero attached hydrogens (tertiary/aromatic N) is 1. The fourth-order valence-corrected chi connectivity index (χ4v) is 5.39. The van der Waals surface area contributed by atoms with Crippen molar-refractivity contribution in [2.24, 2.45) is 5.92 Å². The predicted molar refractivity (Wildman–Crippen MR) is 136 cm³/mol. The first-order chi connectivity index (χ1) is 17.1. The van der Waals surface area contributed by atoms with Gasteiger partial charge in [-0.3, -0.25) is 19.7 Å². The van der Waals surface area contributed by atoms with Gasteiger partial charge in [0, 0.05) is 24.8 Å². The summed E-state index contributed by atoms with van der Waals surface area (Å²) < 4.78 is 1.53. The maximum absolute atomic E-state index is 12.3. The molecular formula is C29H29N3O3. The average molecular weight is 468 g/mol. The average Bonchev–Trinajstić information content (AvgIpc) is 3.26. The first-order valence-electron chi connectivity index (χ1n) is 12.0. The molecule has 1 aliphatic rings. The second kappa shape index (κ2) is 9.86. The van der Waals surface area contributed by atoms with E-state index in [4.69, 9.17) is 0 Å². The normalized spacial score (nSPS) is 20.1. The molecule has 1 unspecified atom stereocenters. The van der Waals surface area contributed by atoms with Crippen LogP contribution in [-0.2, 0) is 5.54 Å². The summed E-state index contributed by atoms with van der Waals surface area (Å²) >= 11 is 0. The second-order valence-corrected chi connectivity index (χ2v) is 9.20. The molecule has 6 heteroatoms. The van der Waals surface area contributed by atoms with Gasteiger partial charge in [0.05, 0.1) is 11.6 Å². The molecule has 6 nitrogen and oxygen atoms in total. The van der Waals surface area contributed by atoms with Crippen molar-refractivity contribution in [2.75, 3.05) is 6.54 Å². The molecule has 0 bridgehead atoms. The largest absolute Gasteiger partial charge is 0.393 e. The Morgan fingerprint density at radius 3 is 1.80 bits per heavy atom. The van der Waals surface area contributed by atoms with Gasteiger partial charge in [-0.05, 0) is 35.4 Å². The number of H-pyrrole nitrogens is 1. The summed E-state index contributed by atoms with van der Waals surface area (Å²) in [7, 11) is 0. The molecule has 35 heavy (non-hydrogen) atoms. The Morgan fingerprint density at radius 1 is 0.800 bits per heavy atom. The van der Waals surface area contributed by atoms with Crippen molar-refractivity contribution in [3.63, 3.8) is 0 Å². The minimum atomic E-state index is -0.615. The Kier molecular flexibility index (Phi) is 6.49. The van der Waals surface area contributed by atoms with E-state index in [9.17, 15) is 14.7 Å². The highest BCUT2D eigenvalue weighted by atomic mass is 16.3. The first-order valence-corrected chi connectivity index (χ1v) is 12.0. The van der Waals surface area contributed by atoms with Gasteiger partial charge in [-0.2, -0.15) is 0 Å². The van der Waals surface area contributed by atoms with Crippen molar-refractivity contribution in [2.45, 2.75) is 30.5 Å². The lowest BCUT2D eigenvalue weighted by Crippen LogP contribution is -2.47. The fourth-order valence-electron chi connectivity index (χ4n) is 5.39. The van der Waals surface area contributed by atoms with Crippen molar-refractivity contribution in [1.82, 2.24) is 14.9 Å². The van der Waals surface area contributed by atoms with Crippen LogP contribution in [0.5, 0.6) is 0 Å². The van der Waals surface area contributed by atoms with Gasteiger partial charge in [0.15, 0.2) is 0 Å². The van der Waals surface area contributed by atoms with Crippen LogP contribution in [0.15, 0.2) is 113 Å². The third kappa shape index (κ3) is 4.50. The van der Waals surface area contributed by atoms with E-state index in [-0.39, 0.29) is 12.0 Å². The van der Waals surface area contributed by atoms with E-state index < -0.39 is 22.9 Å². The summed E-state index contributed by atoms with van der Waals surface area (Å²) in [5.74, 6) is -0.0608. The number of hydrogen-bond acceptors (Lipinski definition) is 4. The molecule has 3 aromatic carbocycles. The van der Waals surface area contributed by atoms with E-state index in [1.54, 1.807) is 0 Å². The molecule has 4 aromatic rings. The number of aliphatic hydroxyl groups is 1. The number of hydrogen-bond donors (Lipinski definition) is 3. The van der Waals surface area contributed by atoms with Crippen molar-refractivity contribution in [3.8, 4) is 0 Å². The molecule has 1 saturated carbocycles. The van der Waals surface area contributed by atoms with Crippen molar-refractivity contribution in [3.05, 3.63) is 141 Å². The molecule has 0 amide bonds. The summed E-state index contributed by atoms with van der Waals surface area (Å²) in [6.07, 6.45) is 2.06. The molecule has 1 heterocycles. The summed E-state index contributed by atoms with van der Waals surface area (Å²) in [4.78, 5) is 26.1. The molecule has 178 valence electrons. The van der Waals surface area contributed by atoms with Crippen LogP contribution in [0.1, 0.15) is 35.6 Å². The van der Waals surface area contributed by atoms with Gasteiger partial charge < -0.3 is 5.11 Å². The molecule has 1 fully saturated rings. The summed E-state index contributed by atoms with van der Waals surface area (Å²) in [5, 5.41) is 14.8. The van der Waals surface area contributed by atoms with Crippen LogP contribution in [-0.4, -0.2) is 27.3 Å². The Bertz CT molecular complexity index is 1270. The van der Waals surface area contributed by atoms with E-state index in [0.29, 0.717) is 19.4 Å². The van der Waals surface area contributed by atoms with Gasteiger partial charge in [0.25, 0.3) is 5.56 Å². The molecule has 0 saturated heterocycles. The Balaban J connectivity index is 1.50. The van der Waals surface area contributed by atoms with E-state index in [2.05, 4.69) is 46.7 Å². The van der Waals surface area contributed by atoms with Gasteiger partial charge in [-0.15, -0.1) is 0 Å². The van der Waals surface area contributed by atoms with Gasteiger partial charge >= 0.3 is 5.69 Å². The zero-order valence-corrected chi connectivity index (χ0v) is 19.4. The van der Waals surface area contributed by atoms with Crippen LogP contribution in [0, 0.1) is 5.92 Å². The standard InChI is InChI=1S/C29H29N3O3/c33-26-19-25(32-17-16-27(34)31-28(32)35)18-21(26)20-30-29(22-10-4-1-5-11-22,23-12-6-2-7-13-23)24-14-8-3-9-15-24/h1-17,21,25-26,30,33H,18-20H2,(H,31,34,35)/t21-,25-,26?/m0/s1. The summed E-state index contributed by atoms with van der Waals surface area (Å²) in [5.41, 5.74) is 1.86. The maximum Gasteiger partial charge on any atom is 0.328 e. The summed E-state index contributed by atoms with van der Waals surface area (Å²) in [6, 6.07) is 32.2. The Morgan fingerprint density at radius 2 is 1.31 bits per heavy atom. The predicted octanol–water partition coefficient (Wildman–Crippen LogP) is 3.43. The monoisotopic (exact) mass is 467 g/mol. The van der Waals surface area contributed by atoms with Crippen molar-refractivity contribution >= 4 is 0 Å². The van der Waals surface area contributed by atoms with Crippen LogP contribution >= 0.6 is 0 Å². The fraction of sp³-hybridized carbons (Fsp3) is 0.241. The molecule has 3 N–H and O–H groups in total. The van der Waals surface area contributed by atoms with Gasteiger partial charge in [0.2, 0.25) is 0 Å². The third-order valence-electron chi connectivity index (χ3n) is 7.13. The molecule has 0 aliphatic heterocycles. The molecule has 1 aromatic heterocycles. The highest BCUT2D eigenvalue weighted by Crippen LogP contribution is 2.39. The Hall–Kier alpha value is -3.74. The highest BCUT2D eigenvalue weighted by molar-refractivity contribution is 5.49. The number of aliphatic hydroxyl groups excluding tert-OH is 1. The number of nitrogens with one attached hydrogen (secondary N) is 2. The lowest BCUT2D eigenvalue weighted by Gasteiger charge is -2.38. The quantitative estimate of drug-likeness (QED) is 0.364. The van der Waals surface area contributed by atoms with E-state index >= 15 is 0 Å². The van der Waals surface area contributed by atoms with E-state index in [1.807, 2.05) is 54.6 Å². The van der Waals surface area contributed by atoms with Gasteiger partial charge in [0.1, 0.15) is 0 Å². The van der Waals surface area contributed by atoms with Gasteiger partial charge in [-0.25, -0.2) is 4.79 Å². The van der Waals surface area contributed by atoms with Crippen LogP contribution in [0.2, 0.25) is 0 Å². The van der Waals surface area contributed by atoms with Crippen LogP contribution in [0.3, 0.4) is 0 Å². The molecule has 1 aliphatic carbocycles. The highest BCUT2D eigenvalue weighted by Gasteiger charge is 2.40. The van der Waals surface area contributed by atoms with Crippen LogP contribution in [0.4, 0.5) is 0 Å². The molecule has 5 rings (SSSR count). The molecular weight excluding hydrogens is 438 g/mol. The lowest BCUT2D eigenvalue weighted by atomic mass is 9.76. The van der Waals surface area contributed by atoms with E-state index in [1.165, 1.54) is 16.8 Å². The number of aromatic nitrogens is 2. The van der Waals surface area contributed by atoms with Gasteiger partial charge in [-0.1, -0.05) is 91.0 Å². The van der Waals surface area contributed by atoms with Crippen LogP contribution in [0.25, 0.3) is 0 Å². The maximum atomic E-state index is 12.3. The first kappa shape index (κ1) is 23.0. The zero-order valence-electron chi connectivity index (χ0n) is 19.4. The lowest BCUT2D eigenvalue weighted by molar-refractivity contribution is 0.127. The Labute approximate surface area is 203 Å². The molecule has 3 atom stereocenters. The van der Waals surface area contributed by atoms with Crippen molar-refractivity contribution in [1.29, 1.82) is 0 Å². The third-order valence-corrected chi connectivity index (χ3v) is 7.13. The topological polar surface area (TPSA) is 87.1 Å². The molecule has 0 radical (unpaired) electrons. The second-order valence-electron chi connectivity index (χ2n) is 9.20. The smallest absolute Gasteiger partial charge is 0.328 e. The minimum Gasteiger partial charge on any atom is -0.393 e. The summed E-state index contributed by atoms with van der Waals surface area (Å²) in [6.45, 7) is 0.550.